The summed E-state index contributed by atoms with van der Waals surface area (Å²) in [6.45, 7) is 1.76. The SMILES string of the molecule is Cl.NCCN1C[C@]23CC[C@H](O2)[C@H](C(=O)NCc2csc(-c4cnccn4)n2)[C@@H]3C1=O. The Morgan fingerprint density at radius 1 is 1.43 bits per heavy atom. The van der Waals surface area contributed by atoms with E-state index in [1.54, 1.807) is 23.5 Å². The van der Waals surface area contributed by atoms with Crippen LogP contribution in [0.15, 0.2) is 24.0 Å². The van der Waals surface area contributed by atoms with Gasteiger partial charge >= 0.3 is 0 Å². The van der Waals surface area contributed by atoms with Crippen molar-refractivity contribution in [1.29, 1.82) is 0 Å². The maximum atomic E-state index is 13.0. The Kier molecular flexibility index (Phi) is 5.75. The van der Waals surface area contributed by atoms with Crippen molar-refractivity contribution in [1.82, 2.24) is 25.2 Å². The molecule has 2 amide bonds. The standard InChI is InChI=1S/C19H22N6O3S.ClH/c20-3-6-25-10-19-2-1-13(28-19)14(15(19)18(25)27)16(26)23-7-11-9-29-17(24-11)12-8-21-4-5-22-12;/h4-5,8-9,13-15H,1-3,6-7,10,20H2,(H,23,26);1H/t13-,14-,15+,19-;/m0./s1. The van der Waals surface area contributed by atoms with Crippen LogP contribution in [0, 0.1) is 11.8 Å². The zero-order valence-electron chi connectivity index (χ0n) is 16.2. The highest BCUT2D eigenvalue weighted by Gasteiger charge is 2.68. The molecule has 5 heterocycles. The number of hydrogen-bond donors (Lipinski definition) is 2. The number of hydrogen-bond acceptors (Lipinski definition) is 8. The van der Waals surface area contributed by atoms with Crippen molar-refractivity contribution in [3.8, 4) is 10.7 Å². The lowest BCUT2D eigenvalue weighted by molar-refractivity contribution is -0.138. The topological polar surface area (TPSA) is 123 Å². The third kappa shape index (κ3) is 3.37. The summed E-state index contributed by atoms with van der Waals surface area (Å²) in [5.41, 5.74) is 6.58. The number of aromatic nitrogens is 3. The van der Waals surface area contributed by atoms with E-state index in [1.165, 1.54) is 11.3 Å². The third-order valence-corrected chi connectivity index (χ3v) is 6.99. The van der Waals surface area contributed by atoms with Gasteiger partial charge < -0.3 is 20.7 Å². The molecular weight excluding hydrogens is 428 g/mol. The fourth-order valence-electron chi connectivity index (χ4n) is 4.90. The van der Waals surface area contributed by atoms with Gasteiger partial charge in [0, 0.05) is 30.9 Å². The minimum absolute atomic E-state index is 0. The van der Waals surface area contributed by atoms with Crippen LogP contribution in [0.5, 0.6) is 0 Å². The molecule has 1 spiro atoms. The zero-order valence-corrected chi connectivity index (χ0v) is 17.8. The highest BCUT2D eigenvalue weighted by molar-refractivity contribution is 7.13. The Bertz CT molecular complexity index is 943. The zero-order chi connectivity index (χ0) is 20.0. The third-order valence-electron chi connectivity index (χ3n) is 6.08. The molecular formula is C19H23ClN6O3S. The number of nitrogens with two attached hydrogens (primary N) is 1. The van der Waals surface area contributed by atoms with E-state index in [0.717, 1.165) is 23.5 Å². The van der Waals surface area contributed by atoms with Gasteiger partial charge in [-0.25, -0.2) is 4.98 Å². The van der Waals surface area contributed by atoms with E-state index in [0.29, 0.717) is 31.9 Å². The molecule has 0 aromatic carbocycles. The lowest BCUT2D eigenvalue weighted by atomic mass is 9.73. The molecule has 0 radical (unpaired) electrons. The molecule has 2 aromatic heterocycles. The molecule has 2 aromatic rings. The Morgan fingerprint density at radius 2 is 2.30 bits per heavy atom. The average Bonchev–Trinajstić information content (AvgIpc) is 3.49. The van der Waals surface area contributed by atoms with Crippen LogP contribution in [-0.2, 0) is 20.9 Å². The van der Waals surface area contributed by atoms with Crippen LogP contribution >= 0.6 is 23.7 Å². The van der Waals surface area contributed by atoms with Crippen LogP contribution in [0.25, 0.3) is 10.7 Å². The summed E-state index contributed by atoms with van der Waals surface area (Å²) in [6, 6.07) is 0. The molecule has 11 heteroatoms. The van der Waals surface area contributed by atoms with Gasteiger partial charge in [0.25, 0.3) is 0 Å². The lowest BCUT2D eigenvalue weighted by Crippen LogP contribution is -2.45. The maximum absolute atomic E-state index is 13.0. The molecule has 3 saturated heterocycles. The summed E-state index contributed by atoms with van der Waals surface area (Å²) in [6.07, 6.45) is 6.34. The summed E-state index contributed by atoms with van der Waals surface area (Å²) < 4.78 is 6.19. The van der Waals surface area contributed by atoms with E-state index in [9.17, 15) is 9.59 Å². The van der Waals surface area contributed by atoms with Gasteiger partial charge in [0.05, 0.1) is 48.5 Å². The first-order valence-electron chi connectivity index (χ1n) is 9.76. The van der Waals surface area contributed by atoms with Gasteiger partial charge in [-0.1, -0.05) is 0 Å². The summed E-state index contributed by atoms with van der Waals surface area (Å²) in [4.78, 5) is 40.5. The van der Waals surface area contributed by atoms with Crippen molar-refractivity contribution >= 4 is 35.6 Å². The number of fused-ring (bicyclic) bond motifs is 1. The van der Waals surface area contributed by atoms with Crippen molar-refractivity contribution in [3.63, 3.8) is 0 Å². The monoisotopic (exact) mass is 450 g/mol. The first-order valence-corrected chi connectivity index (χ1v) is 10.6. The van der Waals surface area contributed by atoms with Gasteiger partial charge in [0.2, 0.25) is 11.8 Å². The van der Waals surface area contributed by atoms with E-state index in [-0.39, 0.29) is 30.3 Å². The van der Waals surface area contributed by atoms with Gasteiger partial charge in [0.15, 0.2) is 0 Å². The second-order valence-electron chi connectivity index (χ2n) is 7.76. The summed E-state index contributed by atoms with van der Waals surface area (Å²) in [5.74, 6) is -0.995. The average molecular weight is 451 g/mol. The molecule has 2 bridgehead atoms. The molecule has 3 fully saturated rings. The van der Waals surface area contributed by atoms with Gasteiger partial charge in [-0.3, -0.25) is 19.6 Å². The van der Waals surface area contributed by atoms with Crippen molar-refractivity contribution in [3.05, 3.63) is 29.7 Å². The second kappa shape index (κ2) is 8.18. The Labute approximate surface area is 183 Å². The largest absolute Gasteiger partial charge is 0.368 e. The summed E-state index contributed by atoms with van der Waals surface area (Å²) in [5, 5.41) is 5.61. The number of ether oxygens (including phenoxy) is 1. The van der Waals surface area contributed by atoms with Crippen molar-refractivity contribution in [2.45, 2.75) is 31.1 Å². The molecule has 0 aliphatic carbocycles. The smallest absolute Gasteiger partial charge is 0.229 e. The minimum Gasteiger partial charge on any atom is -0.368 e. The normalized spacial score (nSPS) is 29.0. The van der Waals surface area contributed by atoms with Crippen molar-refractivity contribution in [2.75, 3.05) is 19.6 Å². The van der Waals surface area contributed by atoms with Gasteiger partial charge in [-0.15, -0.1) is 23.7 Å². The van der Waals surface area contributed by atoms with Crippen LogP contribution in [-0.4, -0.2) is 63.0 Å². The molecule has 3 N–H and O–H groups in total. The van der Waals surface area contributed by atoms with E-state index in [2.05, 4.69) is 20.3 Å². The number of carbonyl (C=O) groups is 2. The van der Waals surface area contributed by atoms with Crippen LogP contribution in [0.2, 0.25) is 0 Å². The number of carbonyl (C=O) groups excluding carboxylic acids is 2. The fraction of sp³-hybridized carbons (Fsp3) is 0.526. The maximum Gasteiger partial charge on any atom is 0.229 e. The molecule has 0 unspecified atom stereocenters. The molecule has 160 valence electrons. The van der Waals surface area contributed by atoms with E-state index in [4.69, 9.17) is 10.5 Å². The molecule has 5 rings (SSSR count). The van der Waals surface area contributed by atoms with Crippen molar-refractivity contribution < 1.29 is 14.3 Å². The Morgan fingerprint density at radius 3 is 3.07 bits per heavy atom. The van der Waals surface area contributed by atoms with E-state index in [1.807, 2.05) is 5.38 Å². The first kappa shape index (κ1) is 21.1. The number of halogens is 1. The molecule has 0 saturated carbocycles. The summed E-state index contributed by atoms with van der Waals surface area (Å²) >= 11 is 1.46. The number of rotatable bonds is 6. The minimum atomic E-state index is -0.515. The quantitative estimate of drug-likeness (QED) is 0.660. The predicted octanol–water partition coefficient (Wildman–Crippen LogP) is 0.603. The van der Waals surface area contributed by atoms with E-state index >= 15 is 0 Å². The van der Waals surface area contributed by atoms with Crippen LogP contribution in [0.3, 0.4) is 0 Å². The molecule has 30 heavy (non-hydrogen) atoms. The Balaban J connectivity index is 0.00000218. The molecule has 4 atom stereocenters. The Hall–Kier alpha value is -2.14. The van der Waals surface area contributed by atoms with Gasteiger partial charge in [-0.2, -0.15) is 0 Å². The van der Waals surface area contributed by atoms with Crippen LogP contribution in [0.4, 0.5) is 0 Å². The number of likely N-dealkylation sites (tertiary alicyclic amines) is 1. The number of thiazole rings is 1. The second-order valence-corrected chi connectivity index (χ2v) is 8.62. The van der Waals surface area contributed by atoms with Gasteiger partial charge in [0.1, 0.15) is 10.7 Å². The highest BCUT2D eigenvalue weighted by Crippen LogP contribution is 2.55. The van der Waals surface area contributed by atoms with Gasteiger partial charge in [-0.05, 0) is 12.8 Å². The first-order chi connectivity index (χ1) is 14.1. The fourth-order valence-corrected chi connectivity index (χ4v) is 5.68. The summed E-state index contributed by atoms with van der Waals surface area (Å²) in [7, 11) is 0. The van der Waals surface area contributed by atoms with Crippen LogP contribution < -0.4 is 11.1 Å². The molecule has 3 aliphatic rings. The van der Waals surface area contributed by atoms with Crippen LogP contribution in [0.1, 0.15) is 18.5 Å². The predicted molar refractivity (Wildman–Crippen MR) is 112 cm³/mol. The highest BCUT2D eigenvalue weighted by atomic mass is 35.5. The molecule has 3 aliphatic heterocycles. The lowest BCUT2D eigenvalue weighted by Gasteiger charge is -2.26. The number of nitrogens with one attached hydrogen (secondary N) is 1. The van der Waals surface area contributed by atoms with Crippen molar-refractivity contribution in [2.24, 2.45) is 17.6 Å². The molecule has 9 nitrogen and oxygen atoms in total. The van der Waals surface area contributed by atoms with E-state index < -0.39 is 17.4 Å². The number of nitrogens with zero attached hydrogens (tertiary/aromatic N) is 4. The number of amides is 2.